The summed E-state index contributed by atoms with van der Waals surface area (Å²) >= 11 is 0. The van der Waals surface area contributed by atoms with Crippen LogP contribution in [0.15, 0.2) is 45.8 Å². The number of anilines is 3. The molecule has 1 aliphatic heterocycles. The van der Waals surface area contributed by atoms with Gasteiger partial charge in [-0.05, 0) is 43.4 Å². The van der Waals surface area contributed by atoms with E-state index in [4.69, 9.17) is 14.0 Å². The van der Waals surface area contributed by atoms with Crippen LogP contribution in [0, 0.1) is 0 Å². The fourth-order valence-corrected chi connectivity index (χ4v) is 5.40. The van der Waals surface area contributed by atoms with Crippen molar-refractivity contribution in [2.24, 2.45) is 0 Å². The summed E-state index contributed by atoms with van der Waals surface area (Å²) < 4.78 is 45.6. The smallest absolute Gasteiger partial charge is 0.266 e. The fourth-order valence-electron chi connectivity index (χ4n) is 4.20. The van der Waals surface area contributed by atoms with Crippen molar-refractivity contribution in [3.63, 3.8) is 0 Å². The van der Waals surface area contributed by atoms with Gasteiger partial charge in [-0.3, -0.25) is 9.82 Å². The third-order valence-electron chi connectivity index (χ3n) is 6.09. The number of para-hydroxylation sites is 1. The number of aromatic amines is 1. The molecule has 2 aromatic carbocycles. The highest BCUT2D eigenvalue weighted by atomic mass is 32.2. The molecule has 3 heterocycles. The van der Waals surface area contributed by atoms with Crippen LogP contribution in [0.25, 0.3) is 11.0 Å². The van der Waals surface area contributed by atoms with Crippen LogP contribution >= 0.6 is 0 Å². The van der Waals surface area contributed by atoms with Crippen LogP contribution < -0.4 is 19.5 Å². The number of sulfonamides is 1. The number of nitrogens with one attached hydrogen (secondary N) is 3. The van der Waals surface area contributed by atoms with Gasteiger partial charge in [-0.15, -0.1) is 0 Å². The van der Waals surface area contributed by atoms with Gasteiger partial charge in [0.25, 0.3) is 10.0 Å². The first-order chi connectivity index (χ1) is 16.5. The van der Waals surface area contributed by atoms with E-state index in [2.05, 4.69) is 25.4 Å². The van der Waals surface area contributed by atoms with E-state index in [-0.39, 0.29) is 10.7 Å². The van der Waals surface area contributed by atoms with Crippen LogP contribution in [0.4, 0.5) is 17.3 Å². The average molecular weight is 482 g/mol. The van der Waals surface area contributed by atoms with E-state index in [1.165, 1.54) is 26.0 Å². The van der Waals surface area contributed by atoms with Crippen molar-refractivity contribution in [2.45, 2.75) is 36.5 Å². The fraction of sp³-hybridized carbons (Fsp3) is 0.304. The highest BCUT2D eigenvalue weighted by molar-refractivity contribution is 7.92. The Balaban J connectivity index is 1.31. The Morgan fingerprint density at radius 3 is 2.91 bits per heavy atom. The molecular formula is C23H23N5O5S. The summed E-state index contributed by atoms with van der Waals surface area (Å²) in [6, 6.07) is 10.5. The van der Waals surface area contributed by atoms with E-state index in [0.29, 0.717) is 46.5 Å². The zero-order valence-electron chi connectivity index (χ0n) is 18.4. The van der Waals surface area contributed by atoms with Crippen molar-refractivity contribution < 1.29 is 22.4 Å². The maximum Gasteiger partial charge on any atom is 0.266 e. The molecule has 6 rings (SSSR count). The van der Waals surface area contributed by atoms with E-state index >= 15 is 0 Å². The second-order valence-electron chi connectivity index (χ2n) is 8.49. The monoisotopic (exact) mass is 481 g/mol. The predicted octanol–water partition coefficient (Wildman–Crippen LogP) is 4.31. The summed E-state index contributed by atoms with van der Waals surface area (Å²) in [5, 5.41) is 15.0. The maximum atomic E-state index is 13.2. The largest absolute Gasteiger partial charge is 0.495 e. The molecule has 1 aliphatic carbocycles. The second kappa shape index (κ2) is 7.94. The van der Waals surface area contributed by atoms with Crippen molar-refractivity contribution in [3.8, 4) is 11.5 Å². The van der Waals surface area contributed by atoms with Crippen molar-refractivity contribution in [2.75, 3.05) is 23.8 Å². The highest BCUT2D eigenvalue weighted by Gasteiger charge is 2.27. The van der Waals surface area contributed by atoms with Gasteiger partial charge < -0.3 is 19.3 Å². The number of nitrogens with zero attached hydrogens (tertiary/aromatic N) is 2. The number of rotatable bonds is 7. The minimum absolute atomic E-state index is 0.0732. The van der Waals surface area contributed by atoms with Crippen LogP contribution in [0.5, 0.6) is 11.5 Å². The van der Waals surface area contributed by atoms with Crippen LogP contribution in [0.3, 0.4) is 0 Å². The van der Waals surface area contributed by atoms with Crippen molar-refractivity contribution >= 4 is 38.3 Å². The Morgan fingerprint density at radius 2 is 2.09 bits per heavy atom. The zero-order chi connectivity index (χ0) is 23.3. The standard InChI is InChI=1S/C23H23N5O5S/c1-31-19-10-15-18(11-17(19)24-21-12-16(25-26-21)13-7-8-13)33-27-23(15)28-34(29,30)20-6-2-4-14-5-3-9-32-22(14)20/h2,4,6,10-13H,3,5,7-9H2,1H3,(H,27,28)(H2,24,25,26). The number of aryl methyl sites for hydroxylation is 1. The van der Waals surface area contributed by atoms with Gasteiger partial charge in [-0.2, -0.15) is 5.10 Å². The van der Waals surface area contributed by atoms with Gasteiger partial charge in [0.1, 0.15) is 16.4 Å². The molecule has 0 unspecified atom stereocenters. The van der Waals surface area contributed by atoms with Crippen LogP contribution in [0.2, 0.25) is 0 Å². The van der Waals surface area contributed by atoms with Gasteiger partial charge in [0, 0.05) is 23.7 Å². The highest BCUT2D eigenvalue weighted by Crippen LogP contribution is 2.41. The lowest BCUT2D eigenvalue weighted by atomic mass is 10.1. The molecule has 1 fully saturated rings. The summed E-state index contributed by atoms with van der Waals surface area (Å²) in [7, 11) is -2.42. The number of methoxy groups -OCH3 is 1. The first kappa shape index (κ1) is 20.8. The molecule has 10 nitrogen and oxygen atoms in total. The molecule has 4 aromatic rings. The SMILES string of the molecule is COc1cc2c(NS(=O)(=O)c3cccc4c3OCCC4)noc2cc1Nc1cc(C2CC2)[nH]n1. The number of hydrogen-bond donors (Lipinski definition) is 3. The minimum atomic E-state index is -3.96. The Bertz CT molecular complexity index is 1490. The third kappa shape index (κ3) is 3.71. The first-order valence-corrected chi connectivity index (χ1v) is 12.6. The second-order valence-corrected chi connectivity index (χ2v) is 10.1. The molecule has 2 aliphatic rings. The molecule has 0 radical (unpaired) electrons. The molecule has 0 amide bonds. The molecule has 3 N–H and O–H groups in total. The average Bonchev–Trinajstić information content (AvgIpc) is 3.48. The summed E-state index contributed by atoms with van der Waals surface area (Å²) in [4.78, 5) is 0.0797. The zero-order valence-corrected chi connectivity index (χ0v) is 19.2. The molecule has 0 bridgehead atoms. The van der Waals surface area contributed by atoms with E-state index in [0.717, 1.165) is 24.1 Å². The molecule has 0 atom stereocenters. The van der Waals surface area contributed by atoms with E-state index in [1.54, 1.807) is 18.2 Å². The van der Waals surface area contributed by atoms with Crippen LogP contribution in [-0.4, -0.2) is 37.5 Å². The normalized spacial score (nSPS) is 15.6. The Kier molecular flexibility index (Phi) is 4.87. The molecule has 11 heteroatoms. The Morgan fingerprint density at radius 1 is 1.21 bits per heavy atom. The number of aromatic nitrogens is 3. The lowest BCUT2D eigenvalue weighted by Gasteiger charge is -2.20. The van der Waals surface area contributed by atoms with Crippen molar-refractivity contribution in [1.29, 1.82) is 0 Å². The van der Waals surface area contributed by atoms with Gasteiger partial charge in [0.2, 0.25) is 0 Å². The number of benzene rings is 2. The molecule has 1 saturated carbocycles. The van der Waals surface area contributed by atoms with Gasteiger partial charge in [-0.1, -0.05) is 17.3 Å². The van der Waals surface area contributed by atoms with Crippen LogP contribution in [0.1, 0.15) is 36.4 Å². The number of fused-ring (bicyclic) bond motifs is 2. The molecular weight excluding hydrogens is 458 g/mol. The number of ether oxygens (including phenoxy) is 2. The van der Waals surface area contributed by atoms with Gasteiger partial charge in [-0.25, -0.2) is 8.42 Å². The van der Waals surface area contributed by atoms with Crippen molar-refractivity contribution in [3.05, 3.63) is 47.7 Å². The lowest BCUT2D eigenvalue weighted by Crippen LogP contribution is -2.18. The van der Waals surface area contributed by atoms with Gasteiger partial charge in [0.15, 0.2) is 17.2 Å². The molecule has 2 aromatic heterocycles. The van der Waals surface area contributed by atoms with Crippen LogP contribution in [-0.2, 0) is 16.4 Å². The van der Waals surface area contributed by atoms with E-state index in [1.807, 2.05) is 12.1 Å². The quantitative estimate of drug-likeness (QED) is 0.356. The van der Waals surface area contributed by atoms with Crippen molar-refractivity contribution in [1.82, 2.24) is 15.4 Å². The minimum Gasteiger partial charge on any atom is -0.495 e. The van der Waals surface area contributed by atoms with E-state index in [9.17, 15) is 8.42 Å². The predicted molar refractivity (Wildman–Crippen MR) is 125 cm³/mol. The number of hydrogen-bond acceptors (Lipinski definition) is 8. The number of H-pyrrole nitrogens is 1. The van der Waals surface area contributed by atoms with E-state index < -0.39 is 10.0 Å². The Labute approximate surface area is 195 Å². The lowest BCUT2D eigenvalue weighted by molar-refractivity contribution is 0.280. The molecule has 176 valence electrons. The molecule has 34 heavy (non-hydrogen) atoms. The topological polar surface area (TPSA) is 131 Å². The molecule has 0 saturated heterocycles. The summed E-state index contributed by atoms with van der Waals surface area (Å²) in [5.74, 6) is 2.17. The third-order valence-corrected chi connectivity index (χ3v) is 7.45. The van der Waals surface area contributed by atoms with Gasteiger partial charge >= 0.3 is 0 Å². The maximum absolute atomic E-state index is 13.2. The van der Waals surface area contributed by atoms with Gasteiger partial charge in [0.05, 0.1) is 24.8 Å². The summed E-state index contributed by atoms with van der Waals surface area (Å²) in [5.41, 5.74) is 3.00. The molecule has 0 spiro atoms. The first-order valence-electron chi connectivity index (χ1n) is 11.1. The Hall–Kier alpha value is -3.73. The summed E-state index contributed by atoms with van der Waals surface area (Å²) in [6.07, 6.45) is 3.97. The summed E-state index contributed by atoms with van der Waals surface area (Å²) in [6.45, 7) is 0.484.